The summed E-state index contributed by atoms with van der Waals surface area (Å²) in [5.74, 6) is 2.34. The number of hydrogen-bond donors (Lipinski definition) is 3. The van der Waals surface area contributed by atoms with Crippen LogP contribution in [0.1, 0.15) is 74.0 Å². The largest absolute Gasteiger partial charge is 0.392 e. The molecule has 3 aromatic carbocycles. The second kappa shape index (κ2) is 11.3. The third-order valence-electron chi connectivity index (χ3n) is 10.4. The second-order valence-corrected chi connectivity index (χ2v) is 13.6. The van der Waals surface area contributed by atoms with E-state index in [1.165, 1.54) is 19.3 Å². The number of aromatic nitrogens is 2. The molecule has 0 spiro atoms. The number of benzene rings is 3. The molecule has 2 amide bonds. The summed E-state index contributed by atoms with van der Waals surface area (Å²) in [7, 11) is 0. The number of rotatable bonds is 7. The van der Waals surface area contributed by atoms with Crippen LogP contribution < -0.4 is 10.6 Å². The fourth-order valence-corrected chi connectivity index (χ4v) is 8.80. The van der Waals surface area contributed by atoms with Crippen molar-refractivity contribution in [2.75, 3.05) is 5.32 Å². The summed E-state index contributed by atoms with van der Waals surface area (Å²) in [6, 6.07) is 23.8. The van der Waals surface area contributed by atoms with Gasteiger partial charge in [-0.25, -0.2) is 9.78 Å². The van der Waals surface area contributed by atoms with Crippen LogP contribution in [0, 0.1) is 17.8 Å². The zero-order valence-electron chi connectivity index (χ0n) is 24.9. The number of aliphatic hydroxyl groups is 1. The van der Waals surface area contributed by atoms with Gasteiger partial charge < -0.3 is 29.8 Å². The Hall–Kier alpha value is -3.72. The fourth-order valence-electron chi connectivity index (χ4n) is 8.80. The lowest BCUT2D eigenvalue weighted by Crippen LogP contribution is -2.60. The standard InChI is InChI=1S/C36H40N4O4/c41-21-23-5-7-27(8-6-23)33-16-30(20-40-22-37-31-3-1-2-4-32(31)40)43-34(44-33)28-9-11-29(12-10-28)38-35(42)39-36-17-24-13-25(18-36)15-26(14-24)19-36/h1-12,22,24-26,30,33-34,41H,13-21H2,(H2,38,39,42)/t24?,25?,26?,30-,33+,34+,36?/m0/s1. The Morgan fingerprint density at radius 3 is 2.25 bits per heavy atom. The van der Waals surface area contributed by atoms with Crippen molar-refractivity contribution >= 4 is 22.8 Å². The Labute approximate surface area is 257 Å². The van der Waals surface area contributed by atoms with Gasteiger partial charge in [0.2, 0.25) is 0 Å². The molecule has 5 fully saturated rings. The molecule has 228 valence electrons. The molecule has 1 aromatic heterocycles. The second-order valence-electron chi connectivity index (χ2n) is 13.6. The molecule has 3 N–H and O–H groups in total. The quantitative estimate of drug-likeness (QED) is 0.218. The van der Waals surface area contributed by atoms with Crippen molar-refractivity contribution in [3.05, 3.63) is 95.8 Å². The lowest BCUT2D eigenvalue weighted by molar-refractivity contribution is -0.252. The van der Waals surface area contributed by atoms with Crippen molar-refractivity contribution < 1.29 is 19.4 Å². The smallest absolute Gasteiger partial charge is 0.319 e. The number of aliphatic hydroxyl groups excluding tert-OH is 1. The van der Waals surface area contributed by atoms with E-state index in [0.29, 0.717) is 13.0 Å². The number of urea groups is 1. The van der Waals surface area contributed by atoms with Gasteiger partial charge in [0, 0.05) is 23.2 Å². The molecule has 4 saturated carbocycles. The average molecular weight is 593 g/mol. The van der Waals surface area contributed by atoms with E-state index in [4.69, 9.17) is 9.47 Å². The molecule has 8 heteroatoms. The van der Waals surface area contributed by atoms with E-state index in [0.717, 1.165) is 70.4 Å². The Morgan fingerprint density at radius 2 is 1.55 bits per heavy atom. The zero-order chi connectivity index (χ0) is 29.7. The maximum Gasteiger partial charge on any atom is 0.319 e. The van der Waals surface area contributed by atoms with E-state index in [2.05, 4.69) is 26.3 Å². The molecule has 0 radical (unpaired) electrons. The summed E-state index contributed by atoms with van der Waals surface area (Å²) in [6.07, 6.45) is 9.14. The van der Waals surface area contributed by atoms with Gasteiger partial charge in [0.05, 0.1) is 42.7 Å². The third kappa shape index (κ3) is 5.51. The van der Waals surface area contributed by atoms with Gasteiger partial charge in [0.15, 0.2) is 6.29 Å². The van der Waals surface area contributed by atoms with Crippen LogP contribution in [0.4, 0.5) is 10.5 Å². The first-order chi connectivity index (χ1) is 21.5. The third-order valence-corrected chi connectivity index (χ3v) is 10.4. The van der Waals surface area contributed by atoms with Crippen molar-refractivity contribution in [1.82, 2.24) is 14.9 Å². The Morgan fingerprint density at radius 1 is 0.864 bits per heavy atom. The van der Waals surface area contributed by atoms with Gasteiger partial charge >= 0.3 is 6.03 Å². The highest BCUT2D eigenvalue weighted by Crippen LogP contribution is 2.55. The zero-order valence-corrected chi connectivity index (χ0v) is 24.9. The minimum Gasteiger partial charge on any atom is -0.392 e. The van der Waals surface area contributed by atoms with Gasteiger partial charge in [-0.2, -0.15) is 0 Å². The molecule has 5 aliphatic rings. The lowest BCUT2D eigenvalue weighted by atomic mass is 9.53. The van der Waals surface area contributed by atoms with Gasteiger partial charge in [0.1, 0.15) is 0 Å². The number of nitrogens with one attached hydrogen (secondary N) is 2. The van der Waals surface area contributed by atoms with Gasteiger partial charge in [-0.3, -0.25) is 0 Å². The summed E-state index contributed by atoms with van der Waals surface area (Å²) in [4.78, 5) is 17.7. The molecular weight excluding hydrogens is 552 g/mol. The number of carbonyl (C=O) groups excluding carboxylic acids is 1. The van der Waals surface area contributed by atoms with Gasteiger partial charge in [-0.05, 0) is 91.7 Å². The predicted molar refractivity (Wildman–Crippen MR) is 168 cm³/mol. The molecule has 4 aromatic rings. The molecular formula is C36H40N4O4. The van der Waals surface area contributed by atoms with E-state index in [1.807, 2.05) is 73.1 Å². The Bertz CT molecular complexity index is 1600. The number of hydrogen-bond acceptors (Lipinski definition) is 5. The number of fused-ring (bicyclic) bond motifs is 1. The topological polar surface area (TPSA) is 97.6 Å². The monoisotopic (exact) mass is 592 g/mol. The highest BCUT2D eigenvalue weighted by molar-refractivity contribution is 5.89. The minimum absolute atomic E-state index is 0.00875. The van der Waals surface area contributed by atoms with Gasteiger partial charge in [-0.1, -0.05) is 48.5 Å². The number of nitrogens with zero attached hydrogens (tertiary/aromatic N) is 2. The van der Waals surface area contributed by atoms with Crippen molar-refractivity contribution in [3.8, 4) is 0 Å². The van der Waals surface area contributed by atoms with Crippen LogP contribution in [0.3, 0.4) is 0 Å². The molecule has 9 rings (SSSR count). The summed E-state index contributed by atoms with van der Waals surface area (Å²) in [5, 5.41) is 16.0. The molecule has 4 aliphatic carbocycles. The highest BCUT2D eigenvalue weighted by Gasteiger charge is 2.51. The molecule has 2 heterocycles. The maximum atomic E-state index is 13.1. The first-order valence-corrected chi connectivity index (χ1v) is 16.1. The number of amides is 2. The summed E-state index contributed by atoms with van der Waals surface area (Å²) in [6.45, 7) is 0.657. The fraction of sp³-hybridized carbons (Fsp3) is 0.444. The molecule has 3 atom stereocenters. The number of carbonyl (C=O) groups is 1. The minimum atomic E-state index is -0.569. The van der Waals surface area contributed by atoms with Crippen LogP contribution in [0.15, 0.2) is 79.1 Å². The summed E-state index contributed by atoms with van der Waals surface area (Å²) >= 11 is 0. The number of imidazole rings is 1. The van der Waals surface area contributed by atoms with E-state index in [1.54, 1.807) is 0 Å². The molecule has 44 heavy (non-hydrogen) atoms. The van der Waals surface area contributed by atoms with Crippen LogP contribution in [0.25, 0.3) is 11.0 Å². The Balaban J connectivity index is 0.976. The van der Waals surface area contributed by atoms with Crippen LogP contribution in [0.2, 0.25) is 0 Å². The van der Waals surface area contributed by atoms with Crippen molar-refractivity contribution in [2.24, 2.45) is 17.8 Å². The molecule has 1 saturated heterocycles. The van der Waals surface area contributed by atoms with Gasteiger partial charge in [-0.15, -0.1) is 0 Å². The Kier molecular flexibility index (Phi) is 7.16. The van der Waals surface area contributed by atoms with Crippen LogP contribution in [-0.2, 0) is 22.6 Å². The van der Waals surface area contributed by atoms with Crippen molar-refractivity contribution in [2.45, 2.75) is 82.1 Å². The normalized spacial score (nSPS) is 30.8. The van der Waals surface area contributed by atoms with Crippen molar-refractivity contribution in [3.63, 3.8) is 0 Å². The predicted octanol–water partition coefficient (Wildman–Crippen LogP) is 6.86. The number of ether oxygens (including phenoxy) is 2. The lowest BCUT2D eigenvalue weighted by Gasteiger charge is -2.56. The summed E-state index contributed by atoms with van der Waals surface area (Å²) in [5.41, 5.74) is 5.58. The maximum absolute atomic E-state index is 13.1. The van der Waals surface area contributed by atoms with Gasteiger partial charge in [0.25, 0.3) is 0 Å². The first kappa shape index (κ1) is 27.8. The average Bonchev–Trinajstić information content (AvgIpc) is 3.43. The van der Waals surface area contributed by atoms with E-state index in [9.17, 15) is 9.90 Å². The molecule has 8 nitrogen and oxygen atoms in total. The molecule has 1 aliphatic heterocycles. The SMILES string of the molecule is O=C(Nc1ccc([C@@H]2O[C@H](Cn3cnc4ccccc43)C[C@H](c3ccc(CO)cc3)O2)cc1)NC12CC3CC(CC(C3)C1)C2. The summed E-state index contributed by atoms with van der Waals surface area (Å²) < 4.78 is 15.2. The molecule has 4 bridgehead atoms. The van der Waals surface area contributed by atoms with Crippen LogP contribution in [0.5, 0.6) is 0 Å². The number of anilines is 1. The highest BCUT2D eigenvalue weighted by atomic mass is 16.7. The molecule has 0 unspecified atom stereocenters. The van der Waals surface area contributed by atoms with Crippen molar-refractivity contribution in [1.29, 1.82) is 0 Å². The van der Waals surface area contributed by atoms with Crippen LogP contribution >= 0.6 is 0 Å². The van der Waals surface area contributed by atoms with Crippen LogP contribution in [-0.4, -0.2) is 32.3 Å². The van der Waals surface area contributed by atoms with E-state index >= 15 is 0 Å². The first-order valence-electron chi connectivity index (χ1n) is 16.1. The van der Waals surface area contributed by atoms with E-state index in [-0.39, 0.29) is 30.4 Å². The number of para-hydroxylation sites is 2. The van der Waals surface area contributed by atoms with E-state index < -0.39 is 6.29 Å².